The van der Waals surface area contributed by atoms with Crippen LogP contribution in [0.3, 0.4) is 0 Å². The molecular weight excluding hydrogens is 456 g/mol. The molecule has 1 atom stereocenters. The van der Waals surface area contributed by atoms with Gasteiger partial charge >= 0.3 is 0 Å². The van der Waals surface area contributed by atoms with Crippen LogP contribution in [0.2, 0.25) is 5.02 Å². The van der Waals surface area contributed by atoms with Crippen LogP contribution in [0, 0.1) is 6.92 Å². The number of ether oxygens (including phenoxy) is 2. The minimum atomic E-state index is -0.777. The monoisotopic (exact) mass is 476 g/mol. The quantitative estimate of drug-likeness (QED) is 0.388. The van der Waals surface area contributed by atoms with Gasteiger partial charge in [0.15, 0.2) is 16.9 Å². The number of rotatable bonds is 5. The molecule has 34 heavy (non-hydrogen) atoms. The number of anilines is 1. The maximum Gasteiger partial charge on any atom is 0.296 e. The summed E-state index contributed by atoms with van der Waals surface area (Å²) in [7, 11) is 1.54. The second kappa shape index (κ2) is 8.50. The number of methoxy groups -OCH3 is 1. The highest BCUT2D eigenvalue weighted by atomic mass is 35.5. The fraction of sp³-hybridized carbons (Fsp3) is 0.192. The minimum absolute atomic E-state index is 0.0130. The molecule has 7 nitrogen and oxygen atoms in total. The van der Waals surface area contributed by atoms with Crippen LogP contribution < -0.4 is 19.8 Å². The van der Waals surface area contributed by atoms with E-state index in [1.54, 1.807) is 49.7 Å². The molecule has 0 fully saturated rings. The average molecular weight is 477 g/mol. The van der Waals surface area contributed by atoms with Gasteiger partial charge in [-0.1, -0.05) is 17.7 Å². The van der Waals surface area contributed by atoms with Crippen LogP contribution in [0.5, 0.6) is 11.5 Å². The van der Waals surface area contributed by atoms with Gasteiger partial charge < -0.3 is 13.9 Å². The van der Waals surface area contributed by atoms with Gasteiger partial charge in [-0.05, 0) is 67.4 Å². The third-order valence-electron chi connectivity index (χ3n) is 5.78. The maximum absolute atomic E-state index is 13.7. The molecule has 0 saturated carbocycles. The Morgan fingerprint density at radius 1 is 1.09 bits per heavy atom. The number of hydrogen-bond acceptors (Lipinski definition) is 6. The number of nitrogens with zero attached hydrogens (tertiary/aromatic N) is 2. The van der Waals surface area contributed by atoms with E-state index >= 15 is 0 Å². The first-order valence-electron chi connectivity index (χ1n) is 10.8. The van der Waals surface area contributed by atoms with Gasteiger partial charge in [0, 0.05) is 11.2 Å². The molecule has 8 heteroatoms. The Labute approximate surface area is 200 Å². The summed E-state index contributed by atoms with van der Waals surface area (Å²) in [6.45, 7) is 4.26. The lowest BCUT2D eigenvalue weighted by Crippen LogP contribution is -2.30. The Morgan fingerprint density at radius 3 is 2.65 bits per heavy atom. The lowest BCUT2D eigenvalue weighted by atomic mass is 9.98. The molecule has 5 rings (SSSR count). The predicted octanol–water partition coefficient (Wildman–Crippen LogP) is 5.31. The maximum atomic E-state index is 13.7. The van der Waals surface area contributed by atoms with Crippen molar-refractivity contribution in [2.75, 3.05) is 18.6 Å². The SMILES string of the molecule is CCOc1ccc(C2c3c(oc4ccc(Cl)cc4c3=O)C(=O)N2c2cc(C)ccn2)cc1OC. The van der Waals surface area contributed by atoms with E-state index in [-0.39, 0.29) is 16.8 Å². The molecule has 0 bridgehead atoms. The van der Waals surface area contributed by atoms with E-state index in [1.165, 1.54) is 4.90 Å². The van der Waals surface area contributed by atoms with Crippen LogP contribution >= 0.6 is 11.6 Å². The molecule has 0 aliphatic carbocycles. The van der Waals surface area contributed by atoms with Crippen molar-refractivity contribution in [1.29, 1.82) is 0 Å². The third-order valence-corrected chi connectivity index (χ3v) is 6.02. The van der Waals surface area contributed by atoms with Gasteiger partial charge in [0.1, 0.15) is 11.4 Å². The van der Waals surface area contributed by atoms with Crippen molar-refractivity contribution in [2.24, 2.45) is 0 Å². The normalized spacial score (nSPS) is 15.0. The summed E-state index contributed by atoms with van der Waals surface area (Å²) in [5.74, 6) is 1.01. The van der Waals surface area contributed by atoms with Crippen LogP contribution in [0.1, 0.15) is 40.2 Å². The van der Waals surface area contributed by atoms with Crippen LogP contribution in [0.15, 0.2) is 63.9 Å². The highest BCUT2D eigenvalue weighted by molar-refractivity contribution is 6.31. The van der Waals surface area contributed by atoms with Gasteiger partial charge in [-0.3, -0.25) is 14.5 Å². The molecule has 0 saturated heterocycles. The molecule has 0 N–H and O–H groups in total. The van der Waals surface area contributed by atoms with E-state index in [4.69, 9.17) is 25.5 Å². The Hall–Kier alpha value is -3.84. The average Bonchev–Trinajstić information content (AvgIpc) is 3.12. The van der Waals surface area contributed by atoms with Gasteiger partial charge in [-0.25, -0.2) is 4.98 Å². The Balaban J connectivity index is 1.80. The van der Waals surface area contributed by atoms with Crippen LogP contribution in [-0.4, -0.2) is 24.6 Å². The number of halogens is 1. The summed E-state index contributed by atoms with van der Waals surface area (Å²) in [6, 6.07) is 13.0. The van der Waals surface area contributed by atoms with E-state index in [0.717, 1.165) is 5.56 Å². The van der Waals surface area contributed by atoms with Gasteiger partial charge in [0.25, 0.3) is 5.91 Å². The number of aryl methyl sites for hydroxylation is 1. The molecule has 1 aliphatic rings. The Morgan fingerprint density at radius 2 is 1.91 bits per heavy atom. The molecule has 0 spiro atoms. The molecule has 0 radical (unpaired) electrons. The first-order chi connectivity index (χ1) is 16.4. The zero-order valence-electron chi connectivity index (χ0n) is 18.8. The number of pyridine rings is 1. The Kier molecular flexibility index (Phi) is 5.49. The number of carbonyl (C=O) groups is 1. The lowest BCUT2D eigenvalue weighted by molar-refractivity contribution is 0.0970. The number of hydrogen-bond donors (Lipinski definition) is 0. The highest BCUT2D eigenvalue weighted by Gasteiger charge is 2.44. The predicted molar refractivity (Wildman–Crippen MR) is 129 cm³/mol. The summed E-state index contributed by atoms with van der Waals surface area (Å²) in [5.41, 5.74) is 1.79. The number of benzene rings is 2. The Bertz CT molecular complexity index is 1500. The van der Waals surface area contributed by atoms with Crippen LogP contribution in [-0.2, 0) is 0 Å². The van der Waals surface area contributed by atoms with Crippen molar-refractivity contribution in [3.05, 3.63) is 92.4 Å². The van der Waals surface area contributed by atoms with Crippen molar-refractivity contribution < 1.29 is 18.7 Å². The molecule has 1 unspecified atom stereocenters. The van der Waals surface area contributed by atoms with Gasteiger partial charge in [-0.15, -0.1) is 0 Å². The summed E-state index contributed by atoms with van der Waals surface area (Å²) >= 11 is 6.15. The number of fused-ring (bicyclic) bond motifs is 2. The second-order valence-corrected chi connectivity index (χ2v) is 8.36. The molecular formula is C26H21ClN2O5. The summed E-state index contributed by atoms with van der Waals surface area (Å²) in [6.07, 6.45) is 1.63. The van der Waals surface area contributed by atoms with E-state index in [2.05, 4.69) is 4.98 Å². The highest BCUT2D eigenvalue weighted by Crippen LogP contribution is 2.43. The van der Waals surface area contributed by atoms with Crippen molar-refractivity contribution in [2.45, 2.75) is 19.9 Å². The number of amides is 1. The summed E-state index contributed by atoms with van der Waals surface area (Å²) < 4.78 is 17.1. The molecule has 4 aromatic rings. The molecule has 3 heterocycles. The molecule has 2 aromatic carbocycles. The van der Waals surface area contributed by atoms with Crippen molar-refractivity contribution in [3.8, 4) is 11.5 Å². The summed E-state index contributed by atoms with van der Waals surface area (Å²) in [4.78, 5) is 33.2. The van der Waals surface area contributed by atoms with Gasteiger partial charge in [-0.2, -0.15) is 0 Å². The zero-order chi connectivity index (χ0) is 24.0. The second-order valence-electron chi connectivity index (χ2n) is 7.93. The standard InChI is InChI=1S/C26H21ClN2O5/c1-4-33-19-7-5-15(12-20(19)32-3)23-22-24(30)17-13-16(27)6-8-18(17)34-25(22)26(31)29(23)21-11-14(2)9-10-28-21/h5-13,23H,4H2,1-3H3. The van der Waals surface area contributed by atoms with Crippen molar-refractivity contribution >= 4 is 34.3 Å². The van der Waals surface area contributed by atoms with Crippen LogP contribution in [0.25, 0.3) is 11.0 Å². The molecule has 1 aliphatic heterocycles. The van der Waals surface area contributed by atoms with Crippen molar-refractivity contribution in [1.82, 2.24) is 4.98 Å². The first kappa shape index (κ1) is 22.0. The molecule has 2 aromatic heterocycles. The van der Waals surface area contributed by atoms with E-state index in [9.17, 15) is 9.59 Å². The number of aromatic nitrogens is 1. The fourth-order valence-corrected chi connectivity index (χ4v) is 4.45. The van der Waals surface area contributed by atoms with E-state index in [0.29, 0.717) is 45.5 Å². The lowest BCUT2D eigenvalue weighted by Gasteiger charge is -2.25. The first-order valence-corrected chi connectivity index (χ1v) is 11.1. The largest absolute Gasteiger partial charge is 0.493 e. The van der Waals surface area contributed by atoms with Gasteiger partial charge in [0.05, 0.1) is 30.7 Å². The molecule has 172 valence electrons. The zero-order valence-corrected chi connectivity index (χ0v) is 19.6. The smallest absolute Gasteiger partial charge is 0.296 e. The minimum Gasteiger partial charge on any atom is -0.493 e. The molecule has 1 amide bonds. The fourth-order valence-electron chi connectivity index (χ4n) is 4.28. The third kappa shape index (κ3) is 3.49. The van der Waals surface area contributed by atoms with E-state index < -0.39 is 11.9 Å². The topological polar surface area (TPSA) is 81.9 Å². The van der Waals surface area contributed by atoms with Crippen molar-refractivity contribution in [3.63, 3.8) is 0 Å². The van der Waals surface area contributed by atoms with E-state index in [1.807, 2.05) is 26.0 Å². The summed E-state index contributed by atoms with van der Waals surface area (Å²) in [5, 5.41) is 0.710. The van der Waals surface area contributed by atoms with Crippen LogP contribution in [0.4, 0.5) is 5.82 Å². The number of carbonyl (C=O) groups excluding carboxylic acids is 1. The van der Waals surface area contributed by atoms with Gasteiger partial charge in [0.2, 0.25) is 5.76 Å².